The molecule has 140 valence electrons. The number of halogens is 2. The number of aryl methyl sites for hydroxylation is 1. The highest BCUT2D eigenvalue weighted by molar-refractivity contribution is 7.18. The van der Waals surface area contributed by atoms with Crippen LogP contribution in [0.15, 0.2) is 36.4 Å². The third-order valence-corrected chi connectivity index (χ3v) is 5.06. The van der Waals surface area contributed by atoms with Crippen LogP contribution >= 0.6 is 11.3 Å². The predicted molar refractivity (Wildman–Crippen MR) is 98.8 cm³/mol. The molecule has 3 aromatic rings. The van der Waals surface area contributed by atoms with E-state index in [1.807, 2.05) is 19.1 Å². The van der Waals surface area contributed by atoms with E-state index in [1.165, 1.54) is 11.0 Å². The van der Waals surface area contributed by atoms with E-state index in [0.717, 1.165) is 23.0 Å². The predicted octanol–water partition coefficient (Wildman–Crippen LogP) is 4.28. The molecule has 1 N–H and O–H groups in total. The fraction of sp³-hybridized carbons (Fsp3) is 0.211. The van der Waals surface area contributed by atoms with Gasteiger partial charge in [0.05, 0.1) is 17.7 Å². The Morgan fingerprint density at radius 2 is 1.89 bits per heavy atom. The highest BCUT2D eigenvalue weighted by Gasteiger charge is 2.21. The average molecular weight is 390 g/mol. The second-order valence-corrected chi connectivity index (χ2v) is 7.09. The molecule has 0 aliphatic heterocycles. The summed E-state index contributed by atoms with van der Waals surface area (Å²) in [7, 11) is 0. The smallest absolute Gasteiger partial charge is 0.303 e. The minimum Gasteiger partial charge on any atom is -0.481 e. The first-order valence-electron chi connectivity index (χ1n) is 8.18. The van der Waals surface area contributed by atoms with Crippen LogP contribution in [0.1, 0.15) is 23.4 Å². The highest BCUT2D eigenvalue weighted by Crippen LogP contribution is 2.29. The van der Waals surface area contributed by atoms with Crippen molar-refractivity contribution < 1.29 is 23.5 Å². The number of aliphatic carboxylic acids is 1. The molecule has 0 bridgehead atoms. The lowest BCUT2D eigenvalue weighted by Crippen LogP contribution is -2.31. The van der Waals surface area contributed by atoms with Crippen molar-refractivity contribution in [3.63, 3.8) is 0 Å². The summed E-state index contributed by atoms with van der Waals surface area (Å²) in [6, 6.07) is 9.67. The van der Waals surface area contributed by atoms with E-state index in [1.54, 1.807) is 12.1 Å². The van der Waals surface area contributed by atoms with Crippen LogP contribution in [0.4, 0.5) is 14.5 Å². The van der Waals surface area contributed by atoms with Gasteiger partial charge in [-0.15, -0.1) is 11.3 Å². The molecule has 2 aromatic carbocycles. The number of fused-ring (bicyclic) bond motifs is 1. The first kappa shape index (κ1) is 18.9. The minimum atomic E-state index is -1.06. The lowest BCUT2D eigenvalue weighted by molar-refractivity contribution is -0.138. The van der Waals surface area contributed by atoms with E-state index in [9.17, 15) is 18.4 Å². The van der Waals surface area contributed by atoms with Crippen LogP contribution in [-0.4, -0.2) is 22.0 Å². The number of nitrogens with zero attached hydrogens (tertiary/aromatic N) is 2. The molecule has 0 aliphatic rings. The molecule has 0 saturated heterocycles. The van der Waals surface area contributed by atoms with Crippen molar-refractivity contribution in [2.75, 3.05) is 4.90 Å². The molecule has 0 radical (unpaired) electrons. The van der Waals surface area contributed by atoms with Crippen molar-refractivity contribution in [3.05, 3.63) is 58.6 Å². The number of hydrogen-bond acceptors (Lipinski definition) is 4. The Morgan fingerprint density at radius 1 is 1.15 bits per heavy atom. The van der Waals surface area contributed by atoms with E-state index < -0.39 is 17.6 Å². The number of carbonyl (C=O) groups is 2. The number of carboxylic acids is 1. The zero-order chi connectivity index (χ0) is 19.6. The second kappa shape index (κ2) is 7.79. The number of carboxylic acid groups (broad SMARTS) is 1. The topological polar surface area (TPSA) is 70.5 Å². The van der Waals surface area contributed by atoms with Crippen molar-refractivity contribution in [2.45, 2.75) is 26.3 Å². The largest absolute Gasteiger partial charge is 0.481 e. The Morgan fingerprint density at radius 3 is 2.59 bits per heavy atom. The molecule has 0 unspecified atom stereocenters. The first-order valence-corrected chi connectivity index (χ1v) is 8.99. The highest BCUT2D eigenvalue weighted by atomic mass is 32.1. The number of amides is 1. The molecule has 27 heavy (non-hydrogen) atoms. The van der Waals surface area contributed by atoms with Gasteiger partial charge in [-0.3, -0.25) is 9.59 Å². The van der Waals surface area contributed by atoms with Crippen molar-refractivity contribution in [2.24, 2.45) is 0 Å². The Labute approximate surface area is 157 Å². The van der Waals surface area contributed by atoms with Gasteiger partial charge < -0.3 is 10.0 Å². The Bertz CT molecular complexity index is 1020. The van der Waals surface area contributed by atoms with E-state index in [2.05, 4.69) is 4.98 Å². The number of benzene rings is 2. The summed E-state index contributed by atoms with van der Waals surface area (Å²) in [5.41, 5.74) is 1.39. The zero-order valence-electron chi connectivity index (χ0n) is 14.4. The van der Waals surface area contributed by atoms with Gasteiger partial charge in [-0.25, -0.2) is 13.8 Å². The number of rotatable bonds is 6. The molecule has 8 heteroatoms. The Balaban J connectivity index is 1.96. The van der Waals surface area contributed by atoms with E-state index in [0.29, 0.717) is 15.4 Å². The van der Waals surface area contributed by atoms with Gasteiger partial charge in [-0.05, 0) is 30.7 Å². The fourth-order valence-corrected chi connectivity index (χ4v) is 3.66. The van der Waals surface area contributed by atoms with Gasteiger partial charge >= 0.3 is 5.97 Å². The summed E-state index contributed by atoms with van der Waals surface area (Å²) in [6.45, 7) is 1.88. The zero-order valence-corrected chi connectivity index (χ0v) is 15.2. The summed E-state index contributed by atoms with van der Waals surface area (Å²) in [4.78, 5) is 29.0. The van der Waals surface area contributed by atoms with E-state index >= 15 is 0 Å². The van der Waals surface area contributed by atoms with Crippen LogP contribution < -0.4 is 4.90 Å². The van der Waals surface area contributed by atoms with Crippen LogP contribution in [0, 0.1) is 18.6 Å². The molecular weight excluding hydrogens is 374 g/mol. The number of carbonyl (C=O) groups excluding carboxylic acids is 1. The lowest BCUT2D eigenvalue weighted by atomic mass is 10.1. The number of hydrogen-bond donors (Lipinski definition) is 1. The average Bonchev–Trinajstić information content (AvgIpc) is 3.05. The summed E-state index contributed by atoms with van der Waals surface area (Å²) in [5, 5.41) is 9.28. The third-order valence-electron chi connectivity index (χ3n) is 4.05. The molecule has 1 heterocycles. The van der Waals surface area contributed by atoms with Crippen molar-refractivity contribution in [1.29, 1.82) is 0 Å². The normalized spacial score (nSPS) is 10.9. The maximum absolute atomic E-state index is 13.9. The molecule has 1 aromatic heterocycles. The van der Waals surface area contributed by atoms with Gasteiger partial charge in [0.1, 0.15) is 10.5 Å². The van der Waals surface area contributed by atoms with Crippen molar-refractivity contribution >= 4 is 39.1 Å². The van der Waals surface area contributed by atoms with E-state index in [4.69, 9.17) is 5.11 Å². The van der Waals surface area contributed by atoms with Crippen molar-refractivity contribution in [1.82, 2.24) is 4.98 Å². The molecule has 5 nitrogen and oxygen atoms in total. The number of aromatic nitrogens is 1. The van der Waals surface area contributed by atoms with Crippen LogP contribution in [0.3, 0.4) is 0 Å². The Hall–Kier alpha value is -2.87. The monoisotopic (exact) mass is 390 g/mol. The number of thiazole rings is 1. The van der Waals surface area contributed by atoms with Gasteiger partial charge in [0.15, 0.2) is 11.6 Å². The van der Waals surface area contributed by atoms with Gasteiger partial charge in [0, 0.05) is 12.1 Å². The molecule has 0 saturated carbocycles. The second-order valence-electron chi connectivity index (χ2n) is 5.98. The molecule has 0 fully saturated rings. The molecule has 1 amide bonds. The summed E-state index contributed by atoms with van der Waals surface area (Å²) in [5.74, 6) is -3.44. The molecule has 0 aliphatic carbocycles. The standard InChI is InChI=1S/C19H16F2N2O3S/c1-11-4-2-3-5-13(11)23(16(24)8-9-17(25)26)10-15-22-19-14(27-15)7-6-12(20)18(19)21/h2-7H,8-10H2,1H3,(H,25,26). The minimum absolute atomic E-state index is 0.0453. The van der Waals surface area contributed by atoms with Gasteiger partial charge in [-0.1, -0.05) is 18.2 Å². The fourth-order valence-electron chi connectivity index (χ4n) is 2.71. The van der Waals surface area contributed by atoms with Crippen molar-refractivity contribution in [3.8, 4) is 0 Å². The molecular formula is C19H16F2N2O3S. The molecule has 0 spiro atoms. The number of para-hydroxylation sites is 1. The Kier molecular flexibility index (Phi) is 5.46. The summed E-state index contributed by atoms with van der Waals surface area (Å²) in [6.07, 6.45) is -0.460. The number of anilines is 1. The van der Waals surface area contributed by atoms with Crippen LogP contribution in [0.2, 0.25) is 0 Å². The quantitative estimate of drug-likeness (QED) is 0.682. The lowest BCUT2D eigenvalue weighted by Gasteiger charge is -2.23. The van der Waals surface area contributed by atoms with Gasteiger partial charge in [-0.2, -0.15) is 0 Å². The summed E-state index contributed by atoms with van der Waals surface area (Å²) < 4.78 is 27.8. The van der Waals surface area contributed by atoms with Crippen LogP contribution in [0.25, 0.3) is 10.2 Å². The first-order chi connectivity index (χ1) is 12.9. The van der Waals surface area contributed by atoms with Crippen LogP contribution in [0.5, 0.6) is 0 Å². The maximum Gasteiger partial charge on any atom is 0.303 e. The SMILES string of the molecule is Cc1ccccc1N(Cc1nc2c(F)c(F)ccc2s1)C(=O)CCC(=O)O. The summed E-state index contributed by atoms with van der Waals surface area (Å²) >= 11 is 1.16. The van der Waals surface area contributed by atoms with Crippen LogP contribution in [-0.2, 0) is 16.1 Å². The van der Waals surface area contributed by atoms with Gasteiger partial charge in [0.25, 0.3) is 0 Å². The van der Waals surface area contributed by atoms with Gasteiger partial charge in [0.2, 0.25) is 5.91 Å². The maximum atomic E-state index is 13.9. The van der Waals surface area contributed by atoms with E-state index in [-0.39, 0.29) is 30.8 Å². The molecule has 3 rings (SSSR count). The third kappa shape index (κ3) is 4.11. The molecule has 0 atom stereocenters.